The molecule has 1 heterocycles. The lowest BCUT2D eigenvalue weighted by Gasteiger charge is -2.31. The molecule has 0 radical (unpaired) electrons. The zero-order valence-electron chi connectivity index (χ0n) is 30.3. The SMILES string of the molecule is C1=CC(c2ccc(N(c3ccccc3)c3cc(N(c4ccccc4)c4ccccc4-c4ccccc4)cc4oc5ccc6ccccc6c5c34)cc2)=CCC1. The number of fused-ring (bicyclic) bond motifs is 5. The van der Waals surface area contributed by atoms with E-state index in [1.165, 1.54) is 21.9 Å². The summed E-state index contributed by atoms with van der Waals surface area (Å²) in [5.41, 5.74) is 12.8. The van der Waals surface area contributed by atoms with E-state index < -0.39 is 0 Å². The molecule has 0 spiro atoms. The summed E-state index contributed by atoms with van der Waals surface area (Å²) < 4.78 is 6.93. The normalized spacial score (nSPS) is 12.6. The van der Waals surface area contributed by atoms with Gasteiger partial charge >= 0.3 is 0 Å². The molecule has 0 fully saturated rings. The van der Waals surface area contributed by atoms with E-state index in [-0.39, 0.29) is 0 Å². The van der Waals surface area contributed by atoms with Crippen LogP contribution in [0.4, 0.5) is 34.1 Å². The smallest absolute Gasteiger partial charge is 0.139 e. The Bertz CT molecular complexity index is 2850. The van der Waals surface area contributed by atoms with E-state index in [0.717, 1.165) is 80.0 Å². The molecule has 0 saturated heterocycles. The average molecular weight is 707 g/mol. The Morgan fingerprint density at radius 2 is 1.05 bits per heavy atom. The van der Waals surface area contributed by atoms with Crippen LogP contribution < -0.4 is 9.80 Å². The molecule has 9 aromatic rings. The molecule has 0 bridgehead atoms. The van der Waals surface area contributed by atoms with Crippen molar-refractivity contribution in [2.45, 2.75) is 12.8 Å². The highest BCUT2D eigenvalue weighted by Gasteiger charge is 2.25. The highest BCUT2D eigenvalue weighted by molar-refractivity contribution is 6.24. The number of nitrogens with zero attached hydrogens (tertiary/aromatic N) is 2. The molecule has 1 aliphatic carbocycles. The van der Waals surface area contributed by atoms with E-state index in [1.807, 2.05) is 0 Å². The van der Waals surface area contributed by atoms with Gasteiger partial charge < -0.3 is 14.2 Å². The number of furan rings is 1. The minimum Gasteiger partial charge on any atom is -0.456 e. The first-order valence-corrected chi connectivity index (χ1v) is 19.0. The number of hydrogen-bond acceptors (Lipinski definition) is 3. The molecular weight excluding hydrogens is 669 g/mol. The van der Waals surface area contributed by atoms with Crippen molar-refractivity contribution in [1.82, 2.24) is 0 Å². The second kappa shape index (κ2) is 14.0. The van der Waals surface area contributed by atoms with E-state index in [1.54, 1.807) is 0 Å². The van der Waals surface area contributed by atoms with Gasteiger partial charge in [0, 0.05) is 34.1 Å². The van der Waals surface area contributed by atoms with Crippen LogP contribution >= 0.6 is 0 Å². The Hall–Kier alpha value is -7.10. The Kier molecular flexibility index (Phi) is 8.31. The molecule has 10 rings (SSSR count). The standard InChI is InChI=1S/C52H38N2O/c1-5-17-37(18-6-1)38-29-32-43(33-30-38)53(41-22-9-3-10-23-41)48-35-44(36-50-52(48)51-46-27-14-13-21-40(46)31-34-49(51)55-50)54(42-24-11-4-12-25-42)47-28-16-15-26-45(47)39-19-7-2-8-20-39/h2-5,7-36H,1,6H2. The summed E-state index contributed by atoms with van der Waals surface area (Å²) in [5, 5.41) is 4.53. The summed E-state index contributed by atoms with van der Waals surface area (Å²) in [6, 6.07) is 67.1. The fourth-order valence-electron chi connectivity index (χ4n) is 8.11. The summed E-state index contributed by atoms with van der Waals surface area (Å²) in [6.45, 7) is 0. The van der Waals surface area contributed by atoms with Crippen LogP contribution in [0.1, 0.15) is 18.4 Å². The first kappa shape index (κ1) is 32.5. The molecule has 0 amide bonds. The summed E-state index contributed by atoms with van der Waals surface area (Å²) in [5.74, 6) is 0. The van der Waals surface area contributed by atoms with Gasteiger partial charge in [0.05, 0.1) is 22.4 Å². The van der Waals surface area contributed by atoms with Crippen LogP contribution in [0.2, 0.25) is 0 Å². The van der Waals surface area contributed by atoms with E-state index >= 15 is 0 Å². The third kappa shape index (κ3) is 5.97. The van der Waals surface area contributed by atoms with Crippen LogP contribution in [-0.2, 0) is 0 Å². The number of benzene rings is 8. The lowest BCUT2D eigenvalue weighted by molar-refractivity contribution is 0.669. The molecule has 8 aromatic carbocycles. The van der Waals surface area contributed by atoms with Gasteiger partial charge in [0.25, 0.3) is 0 Å². The Morgan fingerprint density at radius 1 is 0.418 bits per heavy atom. The molecular formula is C52H38N2O. The minimum absolute atomic E-state index is 0.826. The van der Waals surface area contributed by atoms with Crippen LogP contribution in [-0.4, -0.2) is 0 Å². The number of hydrogen-bond donors (Lipinski definition) is 0. The zero-order valence-corrected chi connectivity index (χ0v) is 30.3. The fourth-order valence-corrected chi connectivity index (χ4v) is 8.11. The van der Waals surface area contributed by atoms with Crippen LogP contribution in [0.3, 0.4) is 0 Å². The first-order chi connectivity index (χ1) is 27.3. The van der Waals surface area contributed by atoms with Gasteiger partial charge in [-0.3, -0.25) is 0 Å². The largest absolute Gasteiger partial charge is 0.456 e. The van der Waals surface area contributed by atoms with Crippen LogP contribution in [0.15, 0.2) is 211 Å². The fraction of sp³-hybridized carbons (Fsp3) is 0.0385. The molecule has 0 N–H and O–H groups in total. The highest BCUT2D eigenvalue weighted by atomic mass is 16.3. The molecule has 262 valence electrons. The maximum atomic E-state index is 6.93. The summed E-state index contributed by atoms with van der Waals surface area (Å²) in [4.78, 5) is 4.76. The van der Waals surface area contributed by atoms with Gasteiger partial charge in [-0.15, -0.1) is 0 Å². The zero-order chi connectivity index (χ0) is 36.6. The monoisotopic (exact) mass is 706 g/mol. The predicted molar refractivity (Wildman–Crippen MR) is 232 cm³/mol. The molecule has 0 unspecified atom stereocenters. The summed E-state index contributed by atoms with van der Waals surface area (Å²) >= 11 is 0. The lowest BCUT2D eigenvalue weighted by atomic mass is 9.98. The van der Waals surface area contributed by atoms with Gasteiger partial charge in [0.1, 0.15) is 11.2 Å². The third-order valence-electron chi connectivity index (χ3n) is 10.6. The Balaban J connectivity index is 1.28. The molecule has 3 heteroatoms. The molecule has 0 aliphatic heterocycles. The number of para-hydroxylation sites is 3. The van der Waals surface area contributed by atoms with Gasteiger partial charge in [-0.05, 0) is 94.9 Å². The van der Waals surface area contributed by atoms with E-state index in [2.05, 4.69) is 216 Å². The van der Waals surface area contributed by atoms with Crippen molar-refractivity contribution in [3.8, 4) is 11.1 Å². The Morgan fingerprint density at radius 3 is 1.78 bits per heavy atom. The van der Waals surface area contributed by atoms with Crippen molar-refractivity contribution in [2.75, 3.05) is 9.80 Å². The summed E-state index contributed by atoms with van der Waals surface area (Å²) in [7, 11) is 0. The highest BCUT2D eigenvalue weighted by Crippen LogP contribution is 2.49. The predicted octanol–water partition coefficient (Wildman–Crippen LogP) is 15.1. The molecule has 3 nitrogen and oxygen atoms in total. The number of anilines is 6. The number of allylic oxidation sites excluding steroid dienone is 4. The molecule has 1 aromatic heterocycles. The van der Waals surface area contributed by atoms with Gasteiger partial charge in [0.2, 0.25) is 0 Å². The van der Waals surface area contributed by atoms with Crippen molar-refractivity contribution >= 4 is 72.4 Å². The third-order valence-corrected chi connectivity index (χ3v) is 10.6. The second-order valence-electron chi connectivity index (χ2n) is 14.0. The molecule has 0 saturated carbocycles. The summed E-state index contributed by atoms with van der Waals surface area (Å²) in [6.07, 6.45) is 9.02. The maximum Gasteiger partial charge on any atom is 0.139 e. The molecule has 0 atom stereocenters. The van der Waals surface area contributed by atoms with Crippen molar-refractivity contribution in [1.29, 1.82) is 0 Å². The Labute approximate surface area is 321 Å². The van der Waals surface area contributed by atoms with Gasteiger partial charge in [-0.25, -0.2) is 0 Å². The van der Waals surface area contributed by atoms with Gasteiger partial charge in [-0.2, -0.15) is 0 Å². The molecule has 1 aliphatic rings. The first-order valence-electron chi connectivity index (χ1n) is 19.0. The topological polar surface area (TPSA) is 19.6 Å². The average Bonchev–Trinajstić information content (AvgIpc) is 3.65. The van der Waals surface area contributed by atoms with E-state index in [0.29, 0.717) is 0 Å². The quantitative estimate of drug-likeness (QED) is 0.157. The van der Waals surface area contributed by atoms with Crippen LogP contribution in [0.25, 0.3) is 49.4 Å². The van der Waals surface area contributed by atoms with Crippen LogP contribution in [0, 0.1) is 0 Å². The second-order valence-corrected chi connectivity index (χ2v) is 14.0. The maximum absolute atomic E-state index is 6.93. The number of rotatable bonds is 8. The van der Waals surface area contributed by atoms with Crippen molar-refractivity contribution < 1.29 is 4.42 Å². The van der Waals surface area contributed by atoms with Crippen molar-refractivity contribution in [3.63, 3.8) is 0 Å². The van der Waals surface area contributed by atoms with Crippen LogP contribution in [0.5, 0.6) is 0 Å². The van der Waals surface area contributed by atoms with Crippen molar-refractivity contribution in [2.24, 2.45) is 0 Å². The lowest BCUT2D eigenvalue weighted by Crippen LogP contribution is -2.14. The van der Waals surface area contributed by atoms with Gasteiger partial charge in [0.15, 0.2) is 0 Å². The van der Waals surface area contributed by atoms with Crippen molar-refractivity contribution in [3.05, 3.63) is 212 Å². The van der Waals surface area contributed by atoms with E-state index in [9.17, 15) is 0 Å². The van der Waals surface area contributed by atoms with Gasteiger partial charge in [-0.1, -0.05) is 146 Å². The molecule has 55 heavy (non-hydrogen) atoms. The minimum atomic E-state index is 0.826. The van der Waals surface area contributed by atoms with E-state index in [4.69, 9.17) is 4.42 Å².